The zero-order valence-electron chi connectivity index (χ0n) is 13.3. The van der Waals surface area contributed by atoms with E-state index in [1.165, 1.54) is 17.8 Å². The first kappa shape index (κ1) is 15.8. The molecule has 120 valence electrons. The number of methoxy groups -OCH3 is 1. The standard InChI is InChI=1S/C19H21NO2S/c1-22-17-11-9-15(10-12-17)14-20(16-6-3-2-4-7-16)19(21)18-8-5-13-23-18/h5-6,8-13H,2-4,7,14H2,1H3. The summed E-state index contributed by atoms with van der Waals surface area (Å²) in [6.07, 6.45) is 6.63. The van der Waals surface area contributed by atoms with E-state index < -0.39 is 0 Å². The maximum absolute atomic E-state index is 12.9. The molecule has 4 heteroatoms. The average Bonchev–Trinajstić information content (AvgIpc) is 3.15. The molecule has 0 spiro atoms. The molecule has 23 heavy (non-hydrogen) atoms. The van der Waals surface area contributed by atoms with E-state index in [-0.39, 0.29) is 5.91 Å². The van der Waals surface area contributed by atoms with Crippen LogP contribution in [0.3, 0.4) is 0 Å². The molecule has 0 radical (unpaired) electrons. The van der Waals surface area contributed by atoms with Gasteiger partial charge in [0.15, 0.2) is 0 Å². The first-order valence-corrected chi connectivity index (χ1v) is 8.83. The first-order valence-electron chi connectivity index (χ1n) is 7.95. The lowest BCUT2D eigenvalue weighted by Gasteiger charge is -2.27. The zero-order valence-corrected chi connectivity index (χ0v) is 14.1. The van der Waals surface area contributed by atoms with Gasteiger partial charge in [0.05, 0.1) is 18.5 Å². The van der Waals surface area contributed by atoms with Crippen molar-refractivity contribution in [2.24, 2.45) is 0 Å². The Hall–Kier alpha value is -2.07. The molecule has 1 aromatic carbocycles. The van der Waals surface area contributed by atoms with Crippen LogP contribution in [0.25, 0.3) is 0 Å². The number of allylic oxidation sites excluding steroid dienone is 2. The summed E-state index contributed by atoms with van der Waals surface area (Å²) in [7, 11) is 1.66. The van der Waals surface area contributed by atoms with Gasteiger partial charge in [0, 0.05) is 5.70 Å². The highest BCUT2D eigenvalue weighted by Gasteiger charge is 2.22. The molecule has 2 aromatic rings. The Bertz CT molecular complexity index is 674. The quantitative estimate of drug-likeness (QED) is 0.785. The fraction of sp³-hybridized carbons (Fsp3) is 0.316. The molecule has 0 unspecified atom stereocenters. The van der Waals surface area contributed by atoms with Crippen molar-refractivity contribution >= 4 is 17.2 Å². The van der Waals surface area contributed by atoms with E-state index >= 15 is 0 Å². The molecule has 0 N–H and O–H groups in total. The molecule has 0 aliphatic heterocycles. The van der Waals surface area contributed by atoms with E-state index in [0.717, 1.165) is 41.1 Å². The van der Waals surface area contributed by atoms with Gasteiger partial charge in [-0.05, 0) is 54.8 Å². The number of amides is 1. The molecule has 3 rings (SSSR count). The van der Waals surface area contributed by atoms with Crippen LogP contribution in [0.15, 0.2) is 53.6 Å². The Balaban J connectivity index is 1.84. The molecule has 0 saturated carbocycles. The van der Waals surface area contributed by atoms with Crippen LogP contribution in [-0.2, 0) is 6.54 Å². The normalized spacial score (nSPS) is 14.2. The van der Waals surface area contributed by atoms with Gasteiger partial charge in [-0.1, -0.05) is 24.3 Å². The molecular formula is C19H21NO2S. The molecule has 0 atom stereocenters. The number of thiophene rings is 1. The molecule has 1 heterocycles. The van der Waals surface area contributed by atoms with Crippen LogP contribution >= 0.6 is 11.3 Å². The molecule has 1 amide bonds. The lowest BCUT2D eigenvalue weighted by Crippen LogP contribution is -2.30. The minimum atomic E-state index is 0.101. The fourth-order valence-electron chi connectivity index (χ4n) is 2.82. The predicted molar refractivity (Wildman–Crippen MR) is 93.7 cm³/mol. The Kier molecular flexibility index (Phi) is 5.13. The Morgan fingerprint density at radius 1 is 1.22 bits per heavy atom. The summed E-state index contributed by atoms with van der Waals surface area (Å²) >= 11 is 1.50. The summed E-state index contributed by atoms with van der Waals surface area (Å²) in [6.45, 7) is 0.604. The van der Waals surface area contributed by atoms with Crippen LogP contribution in [0, 0.1) is 0 Å². The molecule has 0 saturated heterocycles. The van der Waals surface area contributed by atoms with E-state index in [0.29, 0.717) is 6.54 Å². The van der Waals surface area contributed by atoms with Gasteiger partial charge >= 0.3 is 0 Å². The van der Waals surface area contributed by atoms with E-state index in [1.54, 1.807) is 7.11 Å². The summed E-state index contributed by atoms with van der Waals surface area (Å²) in [6, 6.07) is 11.8. The number of hydrogen-bond donors (Lipinski definition) is 0. The molecule has 1 aromatic heterocycles. The minimum Gasteiger partial charge on any atom is -0.497 e. The van der Waals surface area contributed by atoms with Crippen LogP contribution in [0.1, 0.15) is 40.9 Å². The van der Waals surface area contributed by atoms with E-state index in [4.69, 9.17) is 4.74 Å². The van der Waals surface area contributed by atoms with Crippen molar-refractivity contribution in [2.75, 3.05) is 7.11 Å². The molecule has 1 aliphatic rings. The molecule has 1 aliphatic carbocycles. The molecular weight excluding hydrogens is 306 g/mol. The number of ether oxygens (including phenoxy) is 1. The predicted octanol–water partition coefficient (Wildman–Crippen LogP) is 4.86. The van der Waals surface area contributed by atoms with Gasteiger partial charge in [-0.15, -0.1) is 11.3 Å². The third kappa shape index (κ3) is 3.82. The van der Waals surface area contributed by atoms with Crippen LogP contribution in [-0.4, -0.2) is 17.9 Å². The summed E-state index contributed by atoms with van der Waals surface area (Å²) < 4.78 is 5.21. The van der Waals surface area contributed by atoms with Crippen molar-refractivity contribution in [1.29, 1.82) is 0 Å². The second kappa shape index (κ2) is 7.47. The van der Waals surface area contributed by atoms with Crippen molar-refractivity contribution in [3.63, 3.8) is 0 Å². The molecule has 3 nitrogen and oxygen atoms in total. The average molecular weight is 327 g/mol. The molecule has 0 bridgehead atoms. The van der Waals surface area contributed by atoms with Gasteiger partial charge in [0.1, 0.15) is 5.75 Å². The Labute approximate surface area is 141 Å². The lowest BCUT2D eigenvalue weighted by molar-refractivity contribution is 0.0793. The number of rotatable bonds is 5. The maximum atomic E-state index is 12.9. The maximum Gasteiger partial charge on any atom is 0.268 e. The van der Waals surface area contributed by atoms with E-state index in [9.17, 15) is 4.79 Å². The summed E-state index contributed by atoms with van der Waals surface area (Å²) in [4.78, 5) is 15.6. The lowest BCUT2D eigenvalue weighted by atomic mass is 10.0. The van der Waals surface area contributed by atoms with Crippen molar-refractivity contribution in [3.8, 4) is 5.75 Å². The first-order chi connectivity index (χ1) is 11.3. The highest BCUT2D eigenvalue weighted by atomic mass is 32.1. The van der Waals surface area contributed by atoms with Gasteiger partial charge < -0.3 is 9.64 Å². The van der Waals surface area contributed by atoms with E-state index in [1.807, 2.05) is 46.7 Å². The second-order valence-corrected chi connectivity index (χ2v) is 6.61. The third-order valence-corrected chi connectivity index (χ3v) is 4.95. The van der Waals surface area contributed by atoms with Crippen LogP contribution in [0.4, 0.5) is 0 Å². The van der Waals surface area contributed by atoms with Gasteiger partial charge in [0.25, 0.3) is 5.91 Å². The second-order valence-electron chi connectivity index (χ2n) is 5.66. The van der Waals surface area contributed by atoms with Gasteiger partial charge in [-0.25, -0.2) is 0 Å². The van der Waals surface area contributed by atoms with Crippen molar-refractivity contribution in [1.82, 2.24) is 4.90 Å². The fourth-order valence-corrected chi connectivity index (χ4v) is 3.49. The van der Waals surface area contributed by atoms with Crippen LogP contribution in [0.2, 0.25) is 0 Å². The van der Waals surface area contributed by atoms with Gasteiger partial charge in [-0.3, -0.25) is 4.79 Å². The topological polar surface area (TPSA) is 29.5 Å². The Morgan fingerprint density at radius 3 is 2.65 bits per heavy atom. The largest absolute Gasteiger partial charge is 0.497 e. The highest BCUT2D eigenvalue weighted by molar-refractivity contribution is 7.12. The highest BCUT2D eigenvalue weighted by Crippen LogP contribution is 2.26. The summed E-state index contributed by atoms with van der Waals surface area (Å²) in [5, 5.41) is 1.95. The smallest absolute Gasteiger partial charge is 0.268 e. The van der Waals surface area contributed by atoms with Crippen LogP contribution < -0.4 is 4.74 Å². The monoisotopic (exact) mass is 327 g/mol. The van der Waals surface area contributed by atoms with Crippen molar-refractivity contribution in [2.45, 2.75) is 32.2 Å². The van der Waals surface area contributed by atoms with Crippen molar-refractivity contribution in [3.05, 3.63) is 64.0 Å². The summed E-state index contributed by atoms with van der Waals surface area (Å²) in [5.74, 6) is 0.936. The third-order valence-electron chi connectivity index (χ3n) is 4.09. The number of carbonyl (C=O) groups is 1. The van der Waals surface area contributed by atoms with Crippen LogP contribution in [0.5, 0.6) is 5.75 Å². The number of carbonyl (C=O) groups excluding carboxylic acids is 1. The Morgan fingerprint density at radius 2 is 2.04 bits per heavy atom. The van der Waals surface area contributed by atoms with E-state index in [2.05, 4.69) is 6.08 Å². The zero-order chi connectivity index (χ0) is 16.1. The van der Waals surface area contributed by atoms with Gasteiger partial charge in [0.2, 0.25) is 0 Å². The number of benzene rings is 1. The minimum absolute atomic E-state index is 0.101. The summed E-state index contributed by atoms with van der Waals surface area (Å²) in [5.41, 5.74) is 2.27. The molecule has 0 fully saturated rings. The number of hydrogen-bond acceptors (Lipinski definition) is 3. The SMILES string of the molecule is COc1ccc(CN(C(=O)c2cccs2)C2=CCCCC2)cc1. The number of nitrogens with zero attached hydrogens (tertiary/aromatic N) is 1. The van der Waals surface area contributed by atoms with Crippen molar-refractivity contribution < 1.29 is 9.53 Å². The van der Waals surface area contributed by atoms with Gasteiger partial charge in [-0.2, -0.15) is 0 Å².